The smallest absolute Gasteiger partial charge is 0.253 e. The third kappa shape index (κ3) is 4.14. The normalized spacial score (nSPS) is 23.6. The number of carbonyl (C=O) groups excluding carboxylic acids is 2. The van der Waals surface area contributed by atoms with E-state index in [2.05, 4.69) is 19.2 Å². The van der Waals surface area contributed by atoms with Gasteiger partial charge in [-0.25, -0.2) is 0 Å². The molecule has 2 aliphatic rings. The Morgan fingerprint density at radius 3 is 2.20 bits per heavy atom. The number of hydrogen-bond donors (Lipinski definition) is 1. The van der Waals surface area contributed by atoms with Crippen LogP contribution < -0.4 is 5.32 Å². The fraction of sp³-hybridized carbons (Fsp3) is 0.600. The van der Waals surface area contributed by atoms with Gasteiger partial charge in [0.05, 0.1) is 6.54 Å². The molecular weight excluding hydrogens is 314 g/mol. The summed E-state index contributed by atoms with van der Waals surface area (Å²) in [5.41, 5.74) is 1.60. The second kappa shape index (κ2) is 7.89. The monoisotopic (exact) mass is 343 g/mol. The zero-order valence-electron chi connectivity index (χ0n) is 15.3. The number of likely N-dealkylation sites (tertiary alicyclic amines) is 2. The van der Waals surface area contributed by atoms with Crippen LogP contribution in [0.25, 0.3) is 0 Å². The molecule has 25 heavy (non-hydrogen) atoms. The molecule has 0 bridgehead atoms. The molecule has 2 aliphatic heterocycles. The fourth-order valence-electron chi connectivity index (χ4n) is 4.02. The molecule has 0 aliphatic carbocycles. The van der Waals surface area contributed by atoms with Crippen LogP contribution in [0.5, 0.6) is 0 Å². The summed E-state index contributed by atoms with van der Waals surface area (Å²) in [5.74, 6) is 0.257. The number of rotatable bonds is 4. The third-order valence-corrected chi connectivity index (χ3v) is 5.45. The van der Waals surface area contributed by atoms with Gasteiger partial charge in [-0.1, -0.05) is 0 Å². The van der Waals surface area contributed by atoms with Crippen LogP contribution in [0.1, 0.15) is 56.3 Å². The molecule has 2 heterocycles. The molecule has 1 aromatic rings. The van der Waals surface area contributed by atoms with Crippen molar-refractivity contribution in [2.75, 3.05) is 25.0 Å². The maximum atomic E-state index is 12.5. The minimum atomic E-state index is 0.107. The lowest BCUT2D eigenvalue weighted by molar-refractivity contribution is -0.135. The Morgan fingerprint density at radius 2 is 1.60 bits per heavy atom. The van der Waals surface area contributed by atoms with Crippen molar-refractivity contribution in [3.05, 3.63) is 29.8 Å². The van der Waals surface area contributed by atoms with Crippen LogP contribution in [0.15, 0.2) is 24.3 Å². The zero-order valence-corrected chi connectivity index (χ0v) is 15.3. The molecule has 0 aromatic heterocycles. The van der Waals surface area contributed by atoms with Crippen molar-refractivity contribution in [2.24, 2.45) is 0 Å². The Morgan fingerprint density at radius 1 is 1.00 bits per heavy atom. The highest BCUT2D eigenvalue weighted by atomic mass is 16.2. The van der Waals surface area contributed by atoms with Crippen LogP contribution in [0, 0.1) is 0 Å². The molecule has 5 nitrogen and oxygen atoms in total. The highest BCUT2D eigenvalue weighted by molar-refractivity contribution is 5.94. The molecule has 0 saturated carbocycles. The van der Waals surface area contributed by atoms with Crippen molar-refractivity contribution >= 4 is 17.5 Å². The minimum Gasteiger partial charge on any atom is -0.376 e. The highest BCUT2D eigenvalue weighted by Crippen LogP contribution is 2.22. The first kappa shape index (κ1) is 17.8. The fourth-order valence-corrected chi connectivity index (χ4v) is 4.02. The topological polar surface area (TPSA) is 52.7 Å². The van der Waals surface area contributed by atoms with E-state index in [1.165, 1.54) is 6.42 Å². The predicted molar refractivity (Wildman–Crippen MR) is 99.7 cm³/mol. The van der Waals surface area contributed by atoms with Crippen molar-refractivity contribution < 1.29 is 9.59 Å². The van der Waals surface area contributed by atoms with Crippen LogP contribution in [0.4, 0.5) is 5.69 Å². The van der Waals surface area contributed by atoms with Gasteiger partial charge in [0.2, 0.25) is 5.91 Å². The molecule has 2 fully saturated rings. The Bertz CT molecular complexity index is 598. The van der Waals surface area contributed by atoms with E-state index in [0.717, 1.165) is 50.0 Å². The van der Waals surface area contributed by atoms with E-state index in [0.29, 0.717) is 18.6 Å². The molecule has 2 atom stereocenters. The van der Waals surface area contributed by atoms with Crippen molar-refractivity contribution in [3.63, 3.8) is 0 Å². The van der Waals surface area contributed by atoms with E-state index in [-0.39, 0.29) is 11.8 Å². The second-order valence-corrected chi connectivity index (χ2v) is 7.36. The molecule has 2 saturated heterocycles. The Balaban J connectivity index is 1.54. The zero-order chi connectivity index (χ0) is 17.8. The molecule has 0 radical (unpaired) electrons. The summed E-state index contributed by atoms with van der Waals surface area (Å²) in [7, 11) is 0. The third-order valence-electron chi connectivity index (χ3n) is 5.45. The van der Waals surface area contributed by atoms with Crippen LogP contribution in [0.2, 0.25) is 0 Å². The lowest BCUT2D eigenvalue weighted by Gasteiger charge is -2.39. The number of hydrogen-bond acceptors (Lipinski definition) is 3. The molecule has 2 amide bonds. The summed E-state index contributed by atoms with van der Waals surface area (Å²) in [6, 6.07) is 8.11. The minimum absolute atomic E-state index is 0.107. The van der Waals surface area contributed by atoms with E-state index >= 15 is 0 Å². The standard InChI is InChI=1S/C20H29N3O2/c1-15-6-5-7-16(2)23(15)19(24)14-21-18-10-8-17(9-11-18)20(25)22-12-3-4-13-22/h8-11,15-16,21H,3-7,12-14H2,1-2H3. The Labute approximate surface area is 150 Å². The van der Waals surface area contributed by atoms with E-state index in [9.17, 15) is 9.59 Å². The first-order chi connectivity index (χ1) is 12.1. The van der Waals surface area contributed by atoms with Crippen molar-refractivity contribution in [1.29, 1.82) is 0 Å². The highest BCUT2D eigenvalue weighted by Gasteiger charge is 2.28. The first-order valence-corrected chi connectivity index (χ1v) is 9.50. The van der Waals surface area contributed by atoms with Gasteiger partial charge in [-0.3, -0.25) is 9.59 Å². The predicted octanol–water partition coefficient (Wildman–Crippen LogP) is 3.12. The molecule has 3 rings (SSSR count). The molecule has 136 valence electrons. The van der Waals surface area contributed by atoms with Crippen LogP contribution in [-0.4, -0.2) is 53.3 Å². The number of amides is 2. The van der Waals surface area contributed by atoms with Gasteiger partial charge >= 0.3 is 0 Å². The maximum absolute atomic E-state index is 12.5. The van der Waals surface area contributed by atoms with Gasteiger partial charge in [-0.15, -0.1) is 0 Å². The van der Waals surface area contributed by atoms with E-state index in [1.807, 2.05) is 34.1 Å². The van der Waals surface area contributed by atoms with Gasteiger partial charge in [-0.2, -0.15) is 0 Å². The first-order valence-electron chi connectivity index (χ1n) is 9.50. The lowest BCUT2D eigenvalue weighted by atomic mass is 9.97. The van der Waals surface area contributed by atoms with Crippen LogP contribution >= 0.6 is 0 Å². The van der Waals surface area contributed by atoms with Gasteiger partial charge in [0.15, 0.2) is 0 Å². The number of benzene rings is 1. The lowest BCUT2D eigenvalue weighted by Crippen LogP contribution is -2.49. The molecule has 1 N–H and O–H groups in total. The van der Waals surface area contributed by atoms with Gasteiger partial charge in [0, 0.05) is 36.4 Å². The molecule has 2 unspecified atom stereocenters. The summed E-state index contributed by atoms with van der Waals surface area (Å²) in [6.45, 7) is 6.28. The summed E-state index contributed by atoms with van der Waals surface area (Å²) in [5, 5.41) is 3.20. The summed E-state index contributed by atoms with van der Waals surface area (Å²) in [6.07, 6.45) is 5.57. The Hall–Kier alpha value is -2.04. The average molecular weight is 343 g/mol. The second-order valence-electron chi connectivity index (χ2n) is 7.36. The number of carbonyl (C=O) groups is 2. The van der Waals surface area contributed by atoms with Gasteiger partial charge in [-0.05, 0) is 70.2 Å². The number of anilines is 1. The van der Waals surface area contributed by atoms with Crippen molar-refractivity contribution in [2.45, 2.75) is 58.0 Å². The largest absolute Gasteiger partial charge is 0.376 e. The SMILES string of the molecule is CC1CCCC(C)N1C(=O)CNc1ccc(C(=O)N2CCCC2)cc1. The van der Waals surface area contributed by atoms with Crippen molar-refractivity contribution in [3.8, 4) is 0 Å². The number of piperidine rings is 1. The van der Waals surface area contributed by atoms with Gasteiger partial charge < -0.3 is 15.1 Å². The number of nitrogens with zero attached hydrogens (tertiary/aromatic N) is 2. The summed E-state index contributed by atoms with van der Waals surface area (Å²) in [4.78, 5) is 28.8. The van der Waals surface area contributed by atoms with Crippen molar-refractivity contribution in [1.82, 2.24) is 9.80 Å². The quantitative estimate of drug-likeness (QED) is 0.914. The van der Waals surface area contributed by atoms with Gasteiger partial charge in [0.25, 0.3) is 5.91 Å². The maximum Gasteiger partial charge on any atom is 0.253 e. The van der Waals surface area contributed by atoms with Gasteiger partial charge in [0.1, 0.15) is 0 Å². The van der Waals surface area contributed by atoms with Crippen LogP contribution in [-0.2, 0) is 4.79 Å². The summed E-state index contributed by atoms with van der Waals surface area (Å²) < 4.78 is 0. The number of nitrogens with one attached hydrogen (secondary N) is 1. The summed E-state index contributed by atoms with van der Waals surface area (Å²) >= 11 is 0. The molecule has 5 heteroatoms. The Kier molecular flexibility index (Phi) is 5.61. The van der Waals surface area contributed by atoms with E-state index in [4.69, 9.17) is 0 Å². The molecule has 0 spiro atoms. The average Bonchev–Trinajstić information content (AvgIpc) is 3.14. The van der Waals surface area contributed by atoms with Crippen LogP contribution in [0.3, 0.4) is 0 Å². The molecule has 1 aromatic carbocycles. The molecular formula is C20H29N3O2. The van der Waals surface area contributed by atoms with E-state index < -0.39 is 0 Å². The van der Waals surface area contributed by atoms with E-state index in [1.54, 1.807) is 0 Å².